The number of H-pyrrole nitrogens is 1. The third-order valence-electron chi connectivity index (χ3n) is 7.49. The molecule has 3 aromatic rings. The molecule has 0 saturated carbocycles. The van der Waals surface area contributed by atoms with Crippen LogP contribution in [0.25, 0.3) is 22.3 Å². The summed E-state index contributed by atoms with van der Waals surface area (Å²) in [5.74, 6) is 6.18. The first kappa shape index (κ1) is 22.6. The highest BCUT2D eigenvalue weighted by molar-refractivity contribution is 5.89. The second-order valence-corrected chi connectivity index (χ2v) is 9.62. The number of aromatic amines is 1. The van der Waals surface area contributed by atoms with Gasteiger partial charge in [-0.3, -0.25) is 4.90 Å². The van der Waals surface area contributed by atoms with Crippen LogP contribution in [0.15, 0.2) is 36.5 Å². The topological polar surface area (TPSA) is 73.9 Å². The van der Waals surface area contributed by atoms with Crippen molar-refractivity contribution >= 4 is 16.7 Å². The SMILES string of the molecule is OCCC#Cc1cnc2[nH]c(-c3ccc(N4CCOCC4)cc3)c(CN3C4CCC3COC4)c2c1. The second kappa shape index (κ2) is 10.00. The Hall–Kier alpha value is -2.89. The van der Waals surface area contributed by atoms with E-state index in [2.05, 4.69) is 57.0 Å². The second-order valence-electron chi connectivity index (χ2n) is 9.62. The van der Waals surface area contributed by atoms with Crippen LogP contribution in [-0.4, -0.2) is 78.2 Å². The van der Waals surface area contributed by atoms with Crippen LogP contribution in [0.5, 0.6) is 0 Å². The maximum absolute atomic E-state index is 9.08. The third-order valence-corrected chi connectivity index (χ3v) is 7.49. The Balaban J connectivity index is 1.38. The molecule has 182 valence electrons. The molecule has 2 N–H and O–H groups in total. The summed E-state index contributed by atoms with van der Waals surface area (Å²) >= 11 is 0. The average Bonchev–Trinajstić information content (AvgIpc) is 3.36. The maximum atomic E-state index is 9.08. The minimum atomic E-state index is 0.0719. The summed E-state index contributed by atoms with van der Waals surface area (Å²) in [6.45, 7) is 6.01. The van der Waals surface area contributed by atoms with Crippen LogP contribution in [0, 0.1) is 11.8 Å². The van der Waals surface area contributed by atoms with Crippen molar-refractivity contribution in [3.63, 3.8) is 0 Å². The third kappa shape index (κ3) is 4.55. The van der Waals surface area contributed by atoms with Crippen molar-refractivity contribution in [3.05, 3.63) is 47.7 Å². The van der Waals surface area contributed by atoms with Gasteiger partial charge in [-0.15, -0.1) is 0 Å². The van der Waals surface area contributed by atoms with E-state index < -0.39 is 0 Å². The molecule has 5 heterocycles. The van der Waals surface area contributed by atoms with Gasteiger partial charge in [0.25, 0.3) is 0 Å². The molecule has 3 aliphatic heterocycles. The number of aliphatic hydroxyl groups is 1. The summed E-state index contributed by atoms with van der Waals surface area (Å²) in [5, 5.41) is 10.2. The number of hydrogen-bond acceptors (Lipinski definition) is 6. The fourth-order valence-corrected chi connectivity index (χ4v) is 5.64. The quantitative estimate of drug-likeness (QED) is 0.556. The Labute approximate surface area is 206 Å². The van der Waals surface area contributed by atoms with Crippen molar-refractivity contribution in [1.82, 2.24) is 14.9 Å². The first-order valence-corrected chi connectivity index (χ1v) is 12.7. The summed E-state index contributed by atoms with van der Waals surface area (Å²) in [7, 11) is 0. The van der Waals surface area contributed by atoms with Gasteiger partial charge in [0.05, 0.1) is 38.7 Å². The lowest BCUT2D eigenvalue weighted by Gasteiger charge is -2.34. The van der Waals surface area contributed by atoms with Crippen molar-refractivity contribution in [2.24, 2.45) is 0 Å². The van der Waals surface area contributed by atoms with Crippen LogP contribution in [0.2, 0.25) is 0 Å². The number of ether oxygens (including phenoxy) is 2. The van der Waals surface area contributed by atoms with Crippen LogP contribution in [0.3, 0.4) is 0 Å². The number of aliphatic hydroxyl groups excluding tert-OH is 1. The number of hydrogen-bond donors (Lipinski definition) is 2. The van der Waals surface area contributed by atoms with Crippen molar-refractivity contribution < 1.29 is 14.6 Å². The molecule has 0 spiro atoms. The lowest BCUT2D eigenvalue weighted by molar-refractivity contribution is -0.0184. The zero-order valence-corrected chi connectivity index (χ0v) is 20.0. The molecule has 3 aliphatic rings. The van der Waals surface area contributed by atoms with Gasteiger partial charge in [0.15, 0.2) is 0 Å². The highest BCUT2D eigenvalue weighted by atomic mass is 16.5. The Kier molecular flexibility index (Phi) is 6.45. The summed E-state index contributed by atoms with van der Waals surface area (Å²) < 4.78 is 11.3. The van der Waals surface area contributed by atoms with Gasteiger partial charge in [-0.25, -0.2) is 4.98 Å². The number of nitrogens with one attached hydrogen (secondary N) is 1. The number of fused-ring (bicyclic) bond motifs is 3. The van der Waals surface area contributed by atoms with E-state index in [0.29, 0.717) is 18.5 Å². The number of rotatable bonds is 5. The number of benzene rings is 1. The summed E-state index contributed by atoms with van der Waals surface area (Å²) in [6, 6.07) is 12.0. The molecule has 7 nitrogen and oxygen atoms in total. The van der Waals surface area contributed by atoms with E-state index in [1.165, 1.54) is 29.7 Å². The van der Waals surface area contributed by atoms with Crippen LogP contribution in [0.4, 0.5) is 5.69 Å². The van der Waals surface area contributed by atoms with Gasteiger partial charge in [0.1, 0.15) is 5.65 Å². The molecule has 0 aliphatic carbocycles. The molecule has 7 heteroatoms. The van der Waals surface area contributed by atoms with Crippen LogP contribution in [0.1, 0.15) is 30.4 Å². The molecule has 2 unspecified atom stereocenters. The molecule has 6 rings (SSSR count). The standard InChI is InChI=1S/C28H32N4O3/c33-12-2-1-3-20-15-25-26(17-32-23-8-9-24(32)19-35-18-23)27(30-28(25)29-16-20)21-4-6-22(7-5-21)31-10-13-34-14-11-31/h4-7,15-16,23-24,33H,2,8-14,17-19H2,(H,29,30). The zero-order valence-electron chi connectivity index (χ0n) is 20.0. The largest absolute Gasteiger partial charge is 0.395 e. The molecular weight excluding hydrogens is 440 g/mol. The van der Waals surface area contributed by atoms with Gasteiger partial charge in [-0.1, -0.05) is 24.0 Å². The molecule has 35 heavy (non-hydrogen) atoms. The lowest BCUT2D eigenvalue weighted by atomic mass is 10.0. The highest BCUT2D eigenvalue weighted by Gasteiger charge is 2.38. The van der Waals surface area contributed by atoms with E-state index in [-0.39, 0.29) is 6.61 Å². The number of pyridine rings is 1. The minimum Gasteiger partial charge on any atom is -0.395 e. The van der Waals surface area contributed by atoms with E-state index >= 15 is 0 Å². The molecular formula is C28H32N4O3. The molecule has 0 radical (unpaired) electrons. The number of aromatic nitrogens is 2. The Morgan fingerprint density at radius 3 is 2.57 bits per heavy atom. The predicted molar refractivity (Wildman–Crippen MR) is 136 cm³/mol. The number of morpholine rings is 2. The Morgan fingerprint density at radius 2 is 1.83 bits per heavy atom. The fraction of sp³-hybridized carbons (Fsp3) is 0.464. The molecule has 2 bridgehead atoms. The minimum absolute atomic E-state index is 0.0719. The van der Waals surface area contributed by atoms with E-state index in [1.54, 1.807) is 0 Å². The highest BCUT2D eigenvalue weighted by Crippen LogP contribution is 2.36. The first-order valence-electron chi connectivity index (χ1n) is 12.7. The van der Waals surface area contributed by atoms with Gasteiger partial charge in [-0.2, -0.15) is 0 Å². The lowest BCUT2D eigenvalue weighted by Crippen LogP contribution is -2.45. The van der Waals surface area contributed by atoms with Crippen LogP contribution < -0.4 is 4.90 Å². The van der Waals surface area contributed by atoms with E-state index in [9.17, 15) is 0 Å². The van der Waals surface area contributed by atoms with E-state index in [1.807, 2.05) is 6.20 Å². The Morgan fingerprint density at radius 1 is 1.06 bits per heavy atom. The summed E-state index contributed by atoms with van der Waals surface area (Å²) in [6.07, 6.45) is 4.69. The van der Waals surface area contributed by atoms with Crippen molar-refractivity contribution in [3.8, 4) is 23.1 Å². The van der Waals surface area contributed by atoms with Crippen molar-refractivity contribution in [2.45, 2.75) is 37.9 Å². The Bertz CT molecular complexity index is 1220. The number of anilines is 1. The summed E-state index contributed by atoms with van der Waals surface area (Å²) in [5.41, 5.74) is 6.58. The van der Waals surface area contributed by atoms with Gasteiger partial charge >= 0.3 is 0 Å². The molecule has 2 aromatic heterocycles. The number of nitrogens with zero attached hydrogens (tertiary/aromatic N) is 3. The van der Waals surface area contributed by atoms with E-state index in [0.717, 1.165) is 68.4 Å². The van der Waals surface area contributed by atoms with Gasteiger partial charge in [-0.05, 0) is 36.6 Å². The fourth-order valence-electron chi connectivity index (χ4n) is 5.64. The first-order chi connectivity index (χ1) is 17.3. The van der Waals surface area contributed by atoms with Crippen LogP contribution >= 0.6 is 0 Å². The van der Waals surface area contributed by atoms with Gasteiger partial charge < -0.3 is 24.5 Å². The predicted octanol–water partition coefficient (Wildman–Crippen LogP) is 3.16. The molecule has 2 atom stereocenters. The van der Waals surface area contributed by atoms with Crippen molar-refractivity contribution in [2.75, 3.05) is 51.0 Å². The normalized spacial score (nSPS) is 22.4. The monoisotopic (exact) mass is 472 g/mol. The van der Waals surface area contributed by atoms with Crippen molar-refractivity contribution in [1.29, 1.82) is 0 Å². The summed E-state index contributed by atoms with van der Waals surface area (Å²) in [4.78, 5) is 13.3. The maximum Gasteiger partial charge on any atom is 0.138 e. The van der Waals surface area contributed by atoms with Crippen LogP contribution in [-0.2, 0) is 16.0 Å². The smallest absolute Gasteiger partial charge is 0.138 e. The molecule has 3 saturated heterocycles. The average molecular weight is 473 g/mol. The van der Waals surface area contributed by atoms with Gasteiger partial charge in [0.2, 0.25) is 0 Å². The molecule has 3 fully saturated rings. The molecule has 1 aromatic carbocycles. The van der Waals surface area contributed by atoms with E-state index in [4.69, 9.17) is 19.6 Å². The zero-order chi connectivity index (χ0) is 23.6. The molecule has 0 amide bonds. The van der Waals surface area contributed by atoms with Gasteiger partial charge in [0, 0.05) is 66.5 Å².